The number of phenolic OH excluding ortho intramolecular Hbond substituents is 2. The first-order chi connectivity index (χ1) is 9.61. The van der Waals surface area contributed by atoms with Crippen molar-refractivity contribution in [3.63, 3.8) is 0 Å². The summed E-state index contributed by atoms with van der Waals surface area (Å²) in [6, 6.07) is 10.5. The molecule has 0 bridgehead atoms. The summed E-state index contributed by atoms with van der Waals surface area (Å²) >= 11 is 1.41. The van der Waals surface area contributed by atoms with Crippen LogP contribution in [-0.2, 0) is 0 Å². The number of aromatic hydroxyl groups is 2. The van der Waals surface area contributed by atoms with Crippen LogP contribution in [0.15, 0.2) is 46.2 Å². The van der Waals surface area contributed by atoms with Gasteiger partial charge in [0.15, 0.2) is 5.78 Å². The lowest BCUT2D eigenvalue weighted by Crippen LogP contribution is -2.12. The Morgan fingerprint density at radius 2 is 1.90 bits per heavy atom. The van der Waals surface area contributed by atoms with Gasteiger partial charge in [0.1, 0.15) is 11.5 Å². The van der Waals surface area contributed by atoms with Crippen LogP contribution in [0.25, 0.3) is 0 Å². The van der Waals surface area contributed by atoms with Gasteiger partial charge >= 0.3 is 0 Å². The summed E-state index contributed by atoms with van der Waals surface area (Å²) in [7, 11) is 0. The molecule has 1 atom stereocenters. The molecule has 102 valence electrons. The lowest BCUT2D eigenvalue weighted by Gasteiger charge is -2.14. The van der Waals surface area contributed by atoms with Gasteiger partial charge in [-0.2, -0.15) is 0 Å². The van der Waals surface area contributed by atoms with Crippen LogP contribution >= 0.6 is 11.8 Å². The van der Waals surface area contributed by atoms with Crippen LogP contribution in [0.3, 0.4) is 0 Å². The van der Waals surface area contributed by atoms with E-state index in [1.165, 1.54) is 23.9 Å². The van der Waals surface area contributed by atoms with Crippen LogP contribution < -0.4 is 0 Å². The average molecular weight is 286 g/mol. The van der Waals surface area contributed by atoms with E-state index in [4.69, 9.17) is 0 Å². The van der Waals surface area contributed by atoms with Crippen molar-refractivity contribution >= 4 is 17.5 Å². The van der Waals surface area contributed by atoms with Gasteiger partial charge < -0.3 is 10.2 Å². The maximum absolute atomic E-state index is 12.7. The fourth-order valence-corrected chi connectivity index (χ4v) is 3.81. The van der Waals surface area contributed by atoms with E-state index in [-0.39, 0.29) is 23.2 Å². The molecule has 1 unspecified atom stereocenters. The summed E-state index contributed by atoms with van der Waals surface area (Å²) in [6.45, 7) is 1.96. The summed E-state index contributed by atoms with van der Waals surface area (Å²) in [6.07, 6.45) is 0.677. The second kappa shape index (κ2) is 4.87. The van der Waals surface area contributed by atoms with E-state index in [2.05, 4.69) is 0 Å². The molecule has 3 nitrogen and oxygen atoms in total. The molecule has 0 saturated carbocycles. The smallest absolute Gasteiger partial charge is 0.175 e. The maximum Gasteiger partial charge on any atom is 0.175 e. The quantitative estimate of drug-likeness (QED) is 0.833. The lowest BCUT2D eigenvalue weighted by molar-refractivity contribution is 0.0951. The Hall–Kier alpha value is -1.94. The Kier molecular flexibility index (Phi) is 3.18. The first kappa shape index (κ1) is 13.1. The second-order valence-corrected chi connectivity index (χ2v) is 5.89. The number of fused-ring (bicyclic) bond motifs is 2. The number of benzene rings is 2. The third kappa shape index (κ3) is 1.96. The predicted octanol–water partition coefficient (Wildman–Crippen LogP) is 3.94. The molecule has 0 spiro atoms. The molecule has 4 heteroatoms. The van der Waals surface area contributed by atoms with Crippen molar-refractivity contribution in [2.24, 2.45) is 0 Å². The van der Waals surface area contributed by atoms with Crippen LogP contribution in [0, 0.1) is 0 Å². The summed E-state index contributed by atoms with van der Waals surface area (Å²) in [4.78, 5) is 14.3. The van der Waals surface area contributed by atoms with Crippen molar-refractivity contribution in [3.8, 4) is 11.5 Å². The second-order valence-electron chi connectivity index (χ2n) is 4.80. The van der Waals surface area contributed by atoms with Crippen LogP contribution in [0.5, 0.6) is 11.5 Å². The molecule has 0 aliphatic carbocycles. The number of carbonyl (C=O) groups is 1. The molecule has 2 aromatic carbocycles. The zero-order valence-corrected chi connectivity index (χ0v) is 11.8. The highest BCUT2D eigenvalue weighted by Gasteiger charge is 2.31. The normalized spacial score (nSPS) is 17.2. The number of hydrogen-bond donors (Lipinski definition) is 2. The molecule has 0 saturated heterocycles. The van der Waals surface area contributed by atoms with Gasteiger partial charge in [-0.3, -0.25) is 4.79 Å². The molecule has 0 amide bonds. The third-order valence-electron chi connectivity index (χ3n) is 3.55. The maximum atomic E-state index is 12.7. The molecule has 1 aliphatic heterocycles. The monoisotopic (exact) mass is 286 g/mol. The molecular weight excluding hydrogens is 272 g/mol. The van der Waals surface area contributed by atoms with Crippen molar-refractivity contribution in [2.45, 2.75) is 29.1 Å². The minimum absolute atomic E-state index is 0.0334. The molecule has 0 aromatic heterocycles. The molecule has 1 heterocycles. The first-order valence-corrected chi connectivity index (χ1v) is 7.30. The fraction of sp³-hybridized carbons (Fsp3) is 0.188. The zero-order chi connectivity index (χ0) is 14.3. The third-order valence-corrected chi connectivity index (χ3v) is 4.69. The number of phenols is 2. The van der Waals surface area contributed by atoms with Gasteiger partial charge in [0.2, 0.25) is 0 Å². The van der Waals surface area contributed by atoms with Gasteiger partial charge in [-0.25, -0.2) is 0 Å². The Balaban J connectivity index is 2.28. The molecule has 0 radical (unpaired) electrons. The topological polar surface area (TPSA) is 57.5 Å². The minimum atomic E-state index is -0.254. The van der Waals surface area contributed by atoms with Crippen molar-refractivity contribution in [1.29, 1.82) is 0 Å². The molecule has 1 aliphatic rings. The fourth-order valence-electron chi connectivity index (χ4n) is 2.62. The highest BCUT2D eigenvalue weighted by Crippen LogP contribution is 2.46. The summed E-state index contributed by atoms with van der Waals surface area (Å²) < 4.78 is 0. The van der Waals surface area contributed by atoms with Crippen LogP contribution in [-0.4, -0.2) is 16.0 Å². The van der Waals surface area contributed by atoms with Crippen LogP contribution in [0.1, 0.15) is 35.2 Å². The summed E-state index contributed by atoms with van der Waals surface area (Å²) in [5, 5.41) is 19.7. The van der Waals surface area contributed by atoms with Gasteiger partial charge in [-0.1, -0.05) is 36.9 Å². The first-order valence-electron chi connectivity index (χ1n) is 6.48. The van der Waals surface area contributed by atoms with Gasteiger partial charge in [0, 0.05) is 21.8 Å². The predicted molar refractivity (Wildman–Crippen MR) is 77.7 cm³/mol. The summed E-state index contributed by atoms with van der Waals surface area (Å²) in [5.41, 5.74) is 1.30. The standard InChI is InChI=1S/C16H14O3S/c1-2-10-11-5-3-4-6-13(11)20-14-8-9(17)7-12(18)15(14)16(10)19/h3-8,10,17-18H,2H2,1H3. The number of hydrogen-bond acceptors (Lipinski definition) is 4. The van der Waals surface area contributed by atoms with E-state index in [1.54, 1.807) is 0 Å². The number of ketones is 1. The van der Waals surface area contributed by atoms with E-state index in [9.17, 15) is 15.0 Å². The Bertz CT molecular complexity index is 694. The van der Waals surface area contributed by atoms with E-state index in [0.717, 1.165) is 10.5 Å². The van der Waals surface area contributed by atoms with Crippen LogP contribution in [0.2, 0.25) is 0 Å². The minimum Gasteiger partial charge on any atom is -0.508 e. The Morgan fingerprint density at radius 1 is 1.15 bits per heavy atom. The van der Waals surface area contributed by atoms with Crippen molar-refractivity contribution < 1.29 is 15.0 Å². The molecule has 3 rings (SSSR count). The van der Waals surface area contributed by atoms with Gasteiger partial charge in [0.05, 0.1) is 5.56 Å². The van der Waals surface area contributed by atoms with Gasteiger partial charge in [-0.05, 0) is 24.1 Å². The largest absolute Gasteiger partial charge is 0.508 e. The number of Topliss-reactive ketones (excluding diaryl/α,β-unsaturated/α-hetero) is 1. The van der Waals surface area contributed by atoms with Crippen molar-refractivity contribution in [2.75, 3.05) is 0 Å². The van der Waals surface area contributed by atoms with E-state index in [0.29, 0.717) is 16.9 Å². The molecule has 2 aromatic rings. The van der Waals surface area contributed by atoms with Crippen molar-refractivity contribution in [1.82, 2.24) is 0 Å². The number of carbonyl (C=O) groups excluding carboxylic acids is 1. The Morgan fingerprint density at radius 3 is 2.65 bits per heavy atom. The van der Waals surface area contributed by atoms with Gasteiger partial charge in [-0.15, -0.1) is 0 Å². The highest BCUT2D eigenvalue weighted by molar-refractivity contribution is 7.99. The van der Waals surface area contributed by atoms with Crippen molar-refractivity contribution in [3.05, 3.63) is 47.5 Å². The van der Waals surface area contributed by atoms with Gasteiger partial charge in [0.25, 0.3) is 0 Å². The summed E-state index contributed by atoms with van der Waals surface area (Å²) in [5.74, 6) is -0.523. The molecule has 20 heavy (non-hydrogen) atoms. The SMILES string of the molecule is CCC1C(=O)c2c(O)cc(O)cc2Sc2ccccc21. The highest BCUT2D eigenvalue weighted by atomic mass is 32.2. The van der Waals surface area contributed by atoms with E-state index < -0.39 is 0 Å². The average Bonchev–Trinajstić information content (AvgIpc) is 2.51. The zero-order valence-electron chi connectivity index (χ0n) is 11.0. The van der Waals surface area contributed by atoms with Crippen LogP contribution in [0.4, 0.5) is 0 Å². The van der Waals surface area contributed by atoms with E-state index >= 15 is 0 Å². The molecule has 0 fully saturated rings. The molecule has 2 N–H and O–H groups in total. The Labute approximate surface area is 121 Å². The number of rotatable bonds is 1. The van der Waals surface area contributed by atoms with E-state index in [1.807, 2.05) is 31.2 Å². The lowest BCUT2D eigenvalue weighted by atomic mass is 9.88. The molecular formula is C16H14O3S.